The summed E-state index contributed by atoms with van der Waals surface area (Å²) in [4.78, 5) is 25.8. The van der Waals surface area contributed by atoms with Gasteiger partial charge in [-0.25, -0.2) is 9.98 Å². The van der Waals surface area contributed by atoms with Crippen LogP contribution in [0.5, 0.6) is 0 Å². The van der Waals surface area contributed by atoms with Crippen molar-refractivity contribution in [1.82, 2.24) is 19.9 Å². The fraction of sp³-hybridized carbons (Fsp3) is 0.125. The second-order valence-electron chi connectivity index (χ2n) is 7.25. The van der Waals surface area contributed by atoms with Crippen LogP contribution in [0.1, 0.15) is 29.9 Å². The summed E-state index contributed by atoms with van der Waals surface area (Å²) in [6.07, 6.45) is 3.19. The highest BCUT2D eigenvalue weighted by atomic mass is 16.1. The Kier molecular flexibility index (Phi) is 5.41. The molecule has 156 valence electrons. The molecule has 7 heteroatoms. The second-order valence-corrected chi connectivity index (χ2v) is 7.25. The lowest BCUT2D eigenvalue weighted by molar-refractivity contribution is 0.634. The van der Waals surface area contributed by atoms with Crippen LogP contribution in [0.3, 0.4) is 0 Å². The molecule has 0 saturated carbocycles. The van der Waals surface area contributed by atoms with E-state index < -0.39 is 0 Å². The van der Waals surface area contributed by atoms with E-state index >= 15 is 0 Å². The van der Waals surface area contributed by atoms with Crippen molar-refractivity contribution in [1.29, 1.82) is 0 Å². The van der Waals surface area contributed by atoms with Gasteiger partial charge in [0, 0.05) is 12.4 Å². The molecular weight excluding hydrogens is 388 g/mol. The first-order valence-electron chi connectivity index (χ1n) is 9.97. The number of hydrogen-bond acceptors (Lipinski definition) is 4. The Morgan fingerprint density at radius 2 is 2.00 bits per heavy atom. The smallest absolute Gasteiger partial charge is 0.266 e. The summed E-state index contributed by atoms with van der Waals surface area (Å²) in [6.45, 7) is 7.56. The number of amidine groups is 1. The van der Waals surface area contributed by atoms with Crippen LogP contribution in [0.15, 0.2) is 83.4 Å². The summed E-state index contributed by atoms with van der Waals surface area (Å²) in [5.41, 5.74) is 8.94. The lowest BCUT2D eigenvalue weighted by Gasteiger charge is -2.21. The molecule has 4 aromatic rings. The van der Waals surface area contributed by atoms with Crippen LogP contribution in [0, 0.1) is 6.92 Å². The van der Waals surface area contributed by atoms with Crippen LogP contribution in [0.2, 0.25) is 0 Å². The molecule has 1 unspecified atom stereocenters. The van der Waals surface area contributed by atoms with Crippen LogP contribution < -0.4 is 16.6 Å². The molecule has 4 N–H and O–H groups in total. The van der Waals surface area contributed by atoms with Crippen molar-refractivity contribution in [3.63, 3.8) is 0 Å². The van der Waals surface area contributed by atoms with E-state index in [1.165, 1.54) is 6.20 Å². The van der Waals surface area contributed by atoms with Gasteiger partial charge in [-0.15, -0.1) is 0 Å². The van der Waals surface area contributed by atoms with E-state index in [9.17, 15) is 4.79 Å². The molecule has 0 amide bonds. The Hall–Kier alpha value is -4.13. The standard InChI is InChI=1S/C24H24N6O/c1-4-26-22(18-13-14-27-21(18)25)28-16(3)23-29-19-12-8-9-15(2)20(19)24(31)30(23)17-10-6-5-7-11-17/h4-14,16,27H,1,25H2,2-3H3,(H,26,28). The lowest BCUT2D eigenvalue weighted by Crippen LogP contribution is -2.34. The van der Waals surface area contributed by atoms with E-state index in [1.807, 2.05) is 68.4 Å². The topological polar surface area (TPSA) is 101 Å². The van der Waals surface area contributed by atoms with Gasteiger partial charge in [0.15, 0.2) is 0 Å². The Morgan fingerprint density at radius 1 is 1.23 bits per heavy atom. The number of nitrogens with zero attached hydrogens (tertiary/aromatic N) is 3. The first-order valence-corrected chi connectivity index (χ1v) is 9.97. The minimum absolute atomic E-state index is 0.110. The number of nitrogen functional groups attached to an aromatic ring is 1. The molecular formula is C24H24N6O. The summed E-state index contributed by atoms with van der Waals surface area (Å²) in [5.74, 6) is 1.60. The number of nitrogens with one attached hydrogen (secondary N) is 2. The van der Waals surface area contributed by atoms with E-state index in [4.69, 9.17) is 10.7 Å². The SMILES string of the molecule is C=C/N=C(/NC(C)c1nc2cccc(C)c2c(=O)n1-c1ccccc1)c1cc[nH]c1N. The molecule has 0 fully saturated rings. The van der Waals surface area contributed by atoms with Gasteiger partial charge in [-0.3, -0.25) is 9.36 Å². The number of rotatable bonds is 5. The Bertz CT molecular complexity index is 1330. The molecule has 2 aromatic heterocycles. The number of anilines is 1. The zero-order chi connectivity index (χ0) is 22.0. The predicted octanol–water partition coefficient (Wildman–Crippen LogP) is 3.85. The molecule has 0 saturated heterocycles. The summed E-state index contributed by atoms with van der Waals surface area (Å²) in [6, 6.07) is 16.7. The van der Waals surface area contributed by atoms with Crippen molar-refractivity contribution >= 4 is 22.6 Å². The minimum Gasteiger partial charge on any atom is -0.385 e. The molecule has 0 aliphatic carbocycles. The quantitative estimate of drug-likeness (QED) is 0.342. The lowest BCUT2D eigenvalue weighted by atomic mass is 10.1. The van der Waals surface area contributed by atoms with Crippen LogP contribution in [0.4, 0.5) is 5.82 Å². The van der Waals surface area contributed by atoms with Gasteiger partial charge in [0.25, 0.3) is 5.56 Å². The zero-order valence-electron chi connectivity index (χ0n) is 17.5. The number of aromatic nitrogens is 3. The van der Waals surface area contributed by atoms with Crippen LogP contribution >= 0.6 is 0 Å². The largest absolute Gasteiger partial charge is 0.385 e. The summed E-state index contributed by atoms with van der Waals surface area (Å²) in [7, 11) is 0. The Labute approximate surface area is 180 Å². The van der Waals surface area contributed by atoms with Crippen molar-refractivity contribution in [3.8, 4) is 5.69 Å². The van der Waals surface area contributed by atoms with Crippen molar-refractivity contribution < 1.29 is 0 Å². The molecule has 7 nitrogen and oxygen atoms in total. The number of benzene rings is 2. The molecule has 2 aromatic carbocycles. The molecule has 0 aliphatic rings. The zero-order valence-corrected chi connectivity index (χ0v) is 17.5. The molecule has 0 radical (unpaired) electrons. The van der Waals surface area contributed by atoms with Gasteiger partial charge in [-0.05, 0) is 43.7 Å². The monoisotopic (exact) mass is 412 g/mol. The molecule has 0 bridgehead atoms. The van der Waals surface area contributed by atoms with Crippen LogP contribution in [-0.4, -0.2) is 20.4 Å². The van der Waals surface area contributed by atoms with E-state index in [-0.39, 0.29) is 11.6 Å². The summed E-state index contributed by atoms with van der Waals surface area (Å²) >= 11 is 0. The third-order valence-electron chi connectivity index (χ3n) is 5.14. The van der Waals surface area contributed by atoms with Crippen molar-refractivity contribution in [2.24, 2.45) is 4.99 Å². The highest BCUT2D eigenvalue weighted by Gasteiger charge is 2.21. The third-order valence-corrected chi connectivity index (χ3v) is 5.14. The fourth-order valence-corrected chi connectivity index (χ4v) is 3.66. The Morgan fingerprint density at radius 3 is 2.68 bits per heavy atom. The van der Waals surface area contributed by atoms with E-state index in [0.717, 1.165) is 16.8 Å². The van der Waals surface area contributed by atoms with E-state index in [1.54, 1.807) is 10.8 Å². The maximum atomic E-state index is 13.6. The van der Waals surface area contributed by atoms with Crippen LogP contribution in [0.25, 0.3) is 16.6 Å². The van der Waals surface area contributed by atoms with Crippen LogP contribution in [-0.2, 0) is 0 Å². The average molecular weight is 412 g/mol. The Balaban J connectivity index is 1.90. The van der Waals surface area contributed by atoms with E-state index in [2.05, 4.69) is 21.9 Å². The molecule has 0 spiro atoms. The third kappa shape index (κ3) is 3.73. The van der Waals surface area contributed by atoms with Gasteiger partial charge in [-0.2, -0.15) is 0 Å². The number of H-pyrrole nitrogens is 1. The molecule has 0 aliphatic heterocycles. The maximum Gasteiger partial charge on any atom is 0.266 e. The highest BCUT2D eigenvalue weighted by molar-refractivity contribution is 6.03. The number of hydrogen-bond donors (Lipinski definition) is 3. The van der Waals surface area contributed by atoms with E-state index in [0.29, 0.717) is 28.4 Å². The van der Waals surface area contributed by atoms with Crippen molar-refractivity contribution in [2.45, 2.75) is 19.9 Å². The summed E-state index contributed by atoms with van der Waals surface area (Å²) in [5, 5.41) is 3.96. The number of aryl methyl sites for hydroxylation is 1. The number of aromatic amines is 1. The van der Waals surface area contributed by atoms with Gasteiger partial charge in [0.05, 0.1) is 28.2 Å². The van der Waals surface area contributed by atoms with Crippen molar-refractivity contribution in [2.75, 3.05) is 5.73 Å². The molecule has 1 atom stereocenters. The van der Waals surface area contributed by atoms with Gasteiger partial charge < -0.3 is 16.0 Å². The first kappa shape index (κ1) is 20.2. The molecule has 31 heavy (non-hydrogen) atoms. The summed E-state index contributed by atoms with van der Waals surface area (Å²) < 4.78 is 1.65. The average Bonchev–Trinajstić information content (AvgIpc) is 3.19. The second kappa shape index (κ2) is 8.31. The predicted molar refractivity (Wildman–Crippen MR) is 126 cm³/mol. The number of nitrogens with two attached hydrogens (primary N) is 1. The maximum absolute atomic E-state index is 13.6. The minimum atomic E-state index is -0.356. The molecule has 2 heterocycles. The van der Waals surface area contributed by atoms with Gasteiger partial charge in [-0.1, -0.05) is 36.9 Å². The van der Waals surface area contributed by atoms with Gasteiger partial charge in [0.1, 0.15) is 17.5 Å². The first-order chi connectivity index (χ1) is 15.0. The number of para-hydroxylation sites is 1. The van der Waals surface area contributed by atoms with Gasteiger partial charge >= 0.3 is 0 Å². The normalized spacial score (nSPS) is 12.6. The van der Waals surface area contributed by atoms with Crippen molar-refractivity contribution in [3.05, 3.63) is 101 Å². The fourth-order valence-electron chi connectivity index (χ4n) is 3.66. The highest BCUT2D eigenvalue weighted by Crippen LogP contribution is 2.21. The van der Waals surface area contributed by atoms with Gasteiger partial charge in [0.2, 0.25) is 0 Å². The number of fused-ring (bicyclic) bond motifs is 1. The molecule has 4 rings (SSSR count). The number of aliphatic imine (C=N–C) groups is 1.